The standard InChI is InChI=1S/C21H34O4/c1-3-4-7-10-16(2)13-14-18-17(19(22)15-20(18)23)11-8-5-6-9-12-21(24)25/h5,8,13-14,16-18,20,23H,3-4,6-7,9-12,15H2,1-2H3,(H,24,25)/b8-5-,14-13+/t16?,17-,18?,20-/m1/s1. The molecule has 1 aliphatic carbocycles. The maximum atomic E-state index is 12.2. The largest absolute Gasteiger partial charge is 0.481 e. The Morgan fingerprint density at radius 2 is 2.04 bits per heavy atom. The molecule has 0 aromatic heterocycles. The van der Waals surface area contributed by atoms with Crippen LogP contribution in [0, 0.1) is 17.8 Å². The van der Waals surface area contributed by atoms with Crippen LogP contribution in [-0.4, -0.2) is 28.1 Å². The normalized spacial score (nSPS) is 25.2. The molecule has 142 valence electrons. The molecule has 1 aliphatic rings. The van der Waals surface area contributed by atoms with E-state index in [4.69, 9.17) is 5.11 Å². The molecular weight excluding hydrogens is 316 g/mol. The Morgan fingerprint density at radius 3 is 2.72 bits per heavy atom. The van der Waals surface area contributed by atoms with Crippen LogP contribution >= 0.6 is 0 Å². The minimum atomic E-state index is -0.777. The van der Waals surface area contributed by atoms with Crippen LogP contribution in [0.5, 0.6) is 0 Å². The van der Waals surface area contributed by atoms with Crippen molar-refractivity contribution in [3.05, 3.63) is 24.3 Å². The first-order valence-corrected chi connectivity index (χ1v) is 9.71. The highest BCUT2D eigenvalue weighted by Gasteiger charge is 2.39. The Bertz CT molecular complexity index is 467. The van der Waals surface area contributed by atoms with E-state index >= 15 is 0 Å². The van der Waals surface area contributed by atoms with Crippen molar-refractivity contribution in [2.45, 2.75) is 77.7 Å². The van der Waals surface area contributed by atoms with Crippen molar-refractivity contribution < 1.29 is 19.8 Å². The van der Waals surface area contributed by atoms with E-state index in [1.807, 2.05) is 12.2 Å². The lowest BCUT2D eigenvalue weighted by Crippen LogP contribution is -2.18. The second kappa shape index (κ2) is 12.0. The summed E-state index contributed by atoms with van der Waals surface area (Å²) in [5.41, 5.74) is 0. The second-order valence-corrected chi connectivity index (χ2v) is 7.27. The lowest BCUT2D eigenvalue weighted by molar-refractivity contribution is -0.137. The topological polar surface area (TPSA) is 74.6 Å². The van der Waals surface area contributed by atoms with Gasteiger partial charge in [0.25, 0.3) is 0 Å². The average molecular weight is 350 g/mol. The van der Waals surface area contributed by atoms with Crippen LogP contribution in [0.4, 0.5) is 0 Å². The summed E-state index contributed by atoms with van der Waals surface area (Å²) in [4.78, 5) is 22.6. The van der Waals surface area contributed by atoms with Crippen molar-refractivity contribution in [2.24, 2.45) is 17.8 Å². The van der Waals surface area contributed by atoms with Gasteiger partial charge in [-0.2, -0.15) is 0 Å². The fourth-order valence-corrected chi connectivity index (χ4v) is 3.39. The third-order valence-corrected chi connectivity index (χ3v) is 4.98. The van der Waals surface area contributed by atoms with Crippen LogP contribution in [0.15, 0.2) is 24.3 Å². The highest BCUT2D eigenvalue weighted by molar-refractivity contribution is 5.84. The van der Waals surface area contributed by atoms with Crippen LogP contribution in [-0.2, 0) is 9.59 Å². The van der Waals surface area contributed by atoms with Gasteiger partial charge < -0.3 is 10.2 Å². The number of Topliss-reactive ketones (excluding diaryl/α,β-unsaturated/α-hetero) is 1. The molecule has 4 nitrogen and oxygen atoms in total. The predicted molar refractivity (Wildman–Crippen MR) is 100 cm³/mol. The monoisotopic (exact) mass is 350 g/mol. The van der Waals surface area contributed by atoms with Gasteiger partial charge in [0.1, 0.15) is 5.78 Å². The number of aliphatic hydroxyl groups is 1. The number of hydrogen-bond acceptors (Lipinski definition) is 3. The number of carbonyl (C=O) groups is 2. The molecule has 0 radical (unpaired) electrons. The van der Waals surface area contributed by atoms with Gasteiger partial charge >= 0.3 is 5.97 Å². The van der Waals surface area contributed by atoms with E-state index in [0.29, 0.717) is 25.2 Å². The number of aliphatic hydroxyl groups excluding tert-OH is 1. The predicted octanol–water partition coefficient (Wildman–Crippen LogP) is 4.53. The lowest BCUT2D eigenvalue weighted by Gasteiger charge is -2.17. The summed E-state index contributed by atoms with van der Waals surface area (Å²) in [5.74, 6) is -0.409. The van der Waals surface area contributed by atoms with Crippen molar-refractivity contribution in [3.63, 3.8) is 0 Å². The quantitative estimate of drug-likeness (QED) is 0.401. The minimum absolute atomic E-state index is 0.0928. The van der Waals surface area contributed by atoms with Gasteiger partial charge in [-0.25, -0.2) is 0 Å². The van der Waals surface area contributed by atoms with Gasteiger partial charge in [-0.05, 0) is 31.6 Å². The zero-order chi connectivity index (χ0) is 18.7. The lowest BCUT2D eigenvalue weighted by atomic mass is 9.89. The molecule has 0 aromatic rings. The zero-order valence-electron chi connectivity index (χ0n) is 15.7. The van der Waals surface area contributed by atoms with E-state index in [2.05, 4.69) is 26.0 Å². The van der Waals surface area contributed by atoms with E-state index in [1.165, 1.54) is 19.3 Å². The molecule has 0 heterocycles. The first kappa shape index (κ1) is 21.6. The number of carboxylic acids is 1. The van der Waals surface area contributed by atoms with E-state index in [9.17, 15) is 14.7 Å². The van der Waals surface area contributed by atoms with Gasteiger partial charge in [-0.15, -0.1) is 0 Å². The third kappa shape index (κ3) is 8.48. The van der Waals surface area contributed by atoms with Crippen LogP contribution < -0.4 is 0 Å². The number of carbonyl (C=O) groups excluding carboxylic acids is 1. The number of aliphatic carboxylic acids is 1. The Balaban J connectivity index is 2.48. The second-order valence-electron chi connectivity index (χ2n) is 7.27. The maximum Gasteiger partial charge on any atom is 0.303 e. The molecule has 0 saturated heterocycles. The van der Waals surface area contributed by atoms with Gasteiger partial charge in [0.05, 0.1) is 6.10 Å². The molecule has 2 unspecified atom stereocenters. The number of carboxylic acid groups (broad SMARTS) is 1. The van der Waals surface area contributed by atoms with Crippen LogP contribution in [0.2, 0.25) is 0 Å². The molecule has 25 heavy (non-hydrogen) atoms. The van der Waals surface area contributed by atoms with Crippen LogP contribution in [0.3, 0.4) is 0 Å². The number of hydrogen-bond donors (Lipinski definition) is 2. The van der Waals surface area contributed by atoms with Crippen molar-refractivity contribution in [1.29, 1.82) is 0 Å². The van der Waals surface area contributed by atoms with Crippen molar-refractivity contribution in [3.8, 4) is 0 Å². The molecule has 1 rings (SSSR count). The number of ketones is 1. The summed E-state index contributed by atoms with van der Waals surface area (Å²) in [5, 5.41) is 18.8. The third-order valence-electron chi connectivity index (χ3n) is 4.98. The molecule has 1 saturated carbocycles. The molecule has 0 aromatic carbocycles. The van der Waals surface area contributed by atoms with Gasteiger partial charge in [0.2, 0.25) is 0 Å². The minimum Gasteiger partial charge on any atom is -0.481 e. The fourth-order valence-electron chi connectivity index (χ4n) is 3.39. The van der Waals surface area contributed by atoms with E-state index in [0.717, 1.165) is 6.42 Å². The van der Waals surface area contributed by atoms with E-state index in [1.54, 1.807) is 0 Å². The van der Waals surface area contributed by atoms with Gasteiger partial charge in [0, 0.05) is 24.7 Å². The number of allylic oxidation sites excluding steroid dienone is 3. The molecule has 0 amide bonds. The fraction of sp³-hybridized carbons (Fsp3) is 0.714. The summed E-state index contributed by atoms with van der Waals surface area (Å²) in [6, 6.07) is 0. The smallest absolute Gasteiger partial charge is 0.303 e. The zero-order valence-corrected chi connectivity index (χ0v) is 15.7. The van der Waals surface area contributed by atoms with Gasteiger partial charge in [-0.1, -0.05) is 57.4 Å². The van der Waals surface area contributed by atoms with Crippen LogP contribution in [0.1, 0.15) is 71.6 Å². The van der Waals surface area contributed by atoms with Crippen molar-refractivity contribution in [1.82, 2.24) is 0 Å². The Morgan fingerprint density at radius 1 is 1.28 bits per heavy atom. The number of unbranched alkanes of at least 4 members (excludes halogenated alkanes) is 3. The summed E-state index contributed by atoms with van der Waals surface area (Å²) < 4.78 is 0. The molecule has 0 spiro atoms. The summed E-state index contributed by atoms with van der Waals surface area (Å²) in [6.07, 6.45) is 14.8. The molecule has 1 fully saturated rings. The molecule has 0 aliphatic heterocycles. The Kier molecular flexibility index (Phi) is 10.4. The van der Waals surface area contributed by atoms with E-state index < -0.39 is 12.1 Å². The molecule has 4 atom stereocenters. The molecule has 0 bridgehead atoms. The first-order chi connectivity index (χ1) is 12.0. The number of rotatable bonds is 12. The Labute approximate surface area is 152 Å². The van der Waals surface area contributed by atoms with Crippen LogP contribution in [0.25, 0.3) is 0 Å². The summed E-state index contributed by atoms with van der Waals surface area (Å²) >= 11 is 0. The molecule has 2 N–H and O–H groups in total. The van der Waals surface area contributed by atoms with E-state index in [-0.39, 0.29) is 30.5 Å². The van der Waals surface area contributed by atoms with Gasteiger partial charge in [0.15, 0.2) is 0 Å². The maximum absolute atomic E-state index is 12.2. The highest BCUT2D eigenvalue weighted by atomic mass is 16.4. The molecular formula is C21H34O4. The summed E-state index contributed by atoms with van der Waals surface area (Å²) in [6.45, 7) is 4.38. The highest BCUT2D eigenvalue weighted by Crippen LogP contribution is 2.33. The Hall–Kier alpha value is -1.42. The SMILES string of the molecule is CCCCCC(C)/C=C/C1[C@H](O)CC(=O)[C@@H]1C/C=C\CCCC(=O)O. The van der Waals surface area contributed by atoms with Crippen molar-refractivity contribution in [2.75, 3.05) is 0 Å². The summed E-state index contributed by atoms with van der Waals surface area (Å²) in [7, 11) is 0. The molecule has 4 heteroatoms. The first-order valence-electron chi connectivity index (χ1n) is 9.71. The average Bonchev–Trinajstić information content (AvgIpc) is 2.82. The van der Waals surface area contributed by atoms with Gasteiger partial charge in [-0.3, -0.25) is 9.59 Å². The van der Waals surface area contributed by atoms with Crippen molar-refractivity contribution >= 4 is 11.8 Å².